The van der Waals surface area contributed by atoms with E-state index in [1.807, 2.05) is 12.1 Å². The first kappa shape index (κ1) is 15.5. The molecule has 3 fully saturated rings. The Labute approximate surface area is 142 Å². The van der Waals surface area contributed by atoms with Crippen LogP contribution in [0.1, 0.15) is 36.0 Å². The molecule has 3 aliphatic rings. The molecule has 2 aliphatic carbocycles. The molecule has 0 aromatic heterocycles. The van der Waals surface area contributed by atoms with Gasteiger partial charge in [0.05, 0.1) is 0 Å². The molecule has 0 spiro atoms. The fourth-order valence-corrected chi connectivity index (χ4v) is 4.80. The summed E-state index contributed by atoms with van der Waals surface area (Å²) in [4.78, 5) is 28.3. The van der Waals surface area contributed by atoms with E-state index in [1.54, 1.807) is 12.1 Å². The molecule has 128 valence electrons. The molecule has 1 saturated heterocycles. The van der Waals surface area contributed by atoms with Crippen LogP contribution in [0.25, 0.3) is 0 Å². The molecule has 0 unspecified atom stereocenters. The minimum atomic E-state index is -0.400. The largest absolute Gasteiger partial charge is 0.368 e. The van der Waals surface area contributed by atoms with Crippen molar-refractivity contribution in [3.63, 3.8) is 0 Å². The van der Waals surface area contributed by atoms with E-state index in [2.05, 4.69) is 9.80 Å². The van der Waals surface area contributed by atoms with Gasteiger partial charge in [-0.1, -0.05) is 6.42 Å². The van der Waals surface area contributed by atoms with Crippen LogP contribution < -0.4 is 10.6 Å². The lowest BCUT2D eigenvalue weighted by Gasteiger charge is -2.38. The van der Waals surface area contributed by atoms with Crippen LogP contribution in [0.5, 0.6) is 0 Å². The number of nitrogens with two attached hydrogens (primary N) is 1. The van der Waals surface area contributed by atoms with Crippen LogP contribution in [0.2, 0.25) is 0 Å². The smallest absolute Gasteiger partial charge is 0.248 e. The molecule has 2 amide bonds. The van der Waals surface area contributed by atoms with Gasteiger partial charge < -0.3 is 15.5 Å². The summed E-state index contributed by atoms with van der Waals surface area (Å²) in [6.07, 6.45) is 5.00. The van der Waals surface area contributed by atoms with Crippen LogP contribution >= 0.6 is 0 Å². The summed E-state index contributed by atoms with van der Waals surface area (Å²) in [5.74, 6) is 1.76. The second-order valence-corrected chi connectivity index (χ2v) is 7.50. The molecular formula is C19H25N3O2. The van der Waals surface area contributed by atoms with Gasteiger partial charge in [0.15, 0.2) is 0 Å². The molecule has 3 atom stereocenters. The maximum atomic E-state index is 12.8. The molecular weight excluding hydrogens is 302 g/mol. The minimum absolute atomic E-state index is 0.296. The van der Waals surface area contributed by atoms with E-state index < -0.39 is 5.91 Å². The molecule has 5 heteroatoms. The Kier molecular flexibility index (Phi) is 3.94. The standard InChI is InChI=1S/C19H25N3O2/c20-18(23)14-3-5-16(6-4-14)21-7-9-22(10-8-21)19(24)17-12-13-1-2-15(17)11-13/h3-6,13,15,17H,1-2,7-12H2,(H2,20,23)/t13-,15-,17+/m0/s1. The third kappa shape index (κ3) is 2.76. The molecule has 4 rings (SSSR count). The molecule has 2 saturated carbocycles. The first-order valence-corrected chi connectivity index (χ1v) is 9.05. The summed E-state index contributed by atoms with van der Waals surface area (Å²) in [7, 11) is 0. The van der Waals surface area contributed by atoms with Gasteiger partial charge >= 0.3 is 0 Å². The van der Waals surface area contributed by atoms with Gasteiger partial charge in [-0.25, -0.2) is 0 Å². The average Bonchev–Trinajstić information content (AvgIpc) is 3.25. The summed E-state index contributed by atoms with van der Waals surface area (Å²) >= 11 is 0. The number of hydrogen-bond donors (Lipinski definition) is 1. The number of fused-ring (bicyclic) bond motifs is 2. The average molecular weight is 327 g/mol. The van der Waals surface area contributed by atoms with E-state index in [1.165, 1.54) is 19.3 Å². The van der Waals surface area contributed by atoms with Crippen LogP contribution in [0.3, 0.4) is 0 Å². The van der Waals surface area contributed by atoms with E-state index in [4.69, 9.17) is 5.73 Å². The number of rotatable bonds is 3. The van der Waals surface area contributed by atoms with E-state index in [0.29, 0.717) is 23.3 Å². The van der Waals surface area contributed by atoms with Gasteiger partial charge in [-0.15, -0.1) is 0 Å². The Hall–Kier alpha value is -2.04. The minimum Gasteiger partial charge on any atom is -0.368 e. The highest BCUT2D eigenvalue weighted by Gasteiger charge is 2.44. The van der Waals surface area contributed by atoms with Crippen molar-refractivity contribution in [2.75, 3.05) is 31.1 Å². The quantitative estimate of drug-likeness (QED) is 0.921. The van der Waals surface area contributed by atoms with E-state index in [-0.39, 0.29) is 0 Å². The highest BCUT2D eigenvalue weighted by molar-refractivity contribution is 5.93. The summed E-state index contributed by atoms with van der Waals surface area (Å²) < 4.78 is 0. The van der Waals surface area contributed by atoms with Gasteiger partial charge in [-0.3, -0.25) is 9.59 Å². The first-order valence-electron chi connectivity index (χ1n) is 9.05. The van der Waals surface area contributed by atoms with E-state index >= 15 is 0 Å². The predicted octanol–water partition coefficient (Wildman–Crippen LogP) is 1.87. The Morgan fingerprint density at radius 3 is 2.21 bits per heavy atom. The van der Waals surface area contributed by atoms with Crippen molar-refractivity contribution in [2.24, 2.45) is 23.5 Å². The monoisotopic (exact) mass is 327 g/mol. The SMILES string of the molecule is NC(=O)c1ccc(N2CCN(C(=O)[C@@H]3C[C@H]4CC[C@H]3C4)CC2)cc1. The maximum Gasteiger partial charge on any atom is 0.248 e. The number of benzene rings is 1. The number of carbonyl (C=O) groups excluding carboxylic acids is 2. The van der Waals surface area contributed by atoms with Crippen molar-refractivity contribution in [3.05, 3.63) is 29.8 Å². The number of primary amides is 1. The van der Waals surface area contributed by atoms with Gasteiger partial charge in [0, 0.05) is 43.3 Å². The Morgan fingerprint density at radius 1 is 0.958 bits per heavy atom. The summed E-state index contributed by atoms with van der Waals surface area (Å²) in [6, 6.07) is 7.41. The number of piperazine rings is 1. The Bertz CT molecular complexity index is 635. The molecule has 1 aromatic carbocycles. The number of nitrogens with zero attached hydrogens (tertiary/aromatic N) is 2. The van der Waals surface area contributed by atoms with Gasteiger partial charge in [-0.2, -0.15) is 0 Å². The zero-order valence-electron chi connectivity index (χ0n) is 14.0. The zero-order chi connectivity index (χ0) is 16.7. The fraction of sp³-hybridized carbons (Fsp3) is 0.579. The number of amides is 2. The van der Waals surface area contributed by atoms with Gasteiger partial charge in [-0.05, 0) is 55.4 Å². The van der Waals surface area contributed by atoms with Gasteiger partial charge in [0.25, 0.3) is 0 Å². The third-order valence-electron chi connectivity index (χ3n) is 6.16. The molecule has 1 aromatic rings. The lowest BCUT2D eigenvalue weighted by Crippen LogP contribution is -2.51. The van der Waals surface area contributed by atoms with E-state index in [9.17, 15) is 9.59 Å². The van der Waals surface area contributed by atoms with Crippen LogP contribution in [-0.2, 0) is 4.79 Å². The third-order valence-corrected chi connectivity index (χ3v) is 6.16. The Balaban J connectivity index is 1.34. The second kappa shape index (κ2) is 6.11. The Morgan fingerprint density at radius 2 is 1.67 bits per heavy atom. The molecule has 2 bridgehead atoms. The second-order valence-electron chi connectivity index (χ2n) is 7.50. The van der Waals surface area contributed by atoms with Crippen LogP contribution in [-0.4, -0.2) is 42.9 Å². The maximum absolute atomic E-state index is 12.8. The van der Waals surface area contributed by atoms with Gasteiger partial charge in [0.1, 0.15) is 0 Å². The van der Waals surface area contributed by atoms with Crippen molar-refractivity contribution in [3.8, 4) is 0 Å². The predicted molar refractivity (Wildman–Crippen MR) is 92.7 cm³/mol. The van der Waals surface area contributed by atoms with Crippen molar-refractivity contribution in [1.29, 1.82) is 0 Å². The van der Waals surface area contributed by atoms with Crippen LogP contribution in [0, 0.1) is 17.8 Å². The van der Waals surface area contributed by atoms with E-state index in [0.717, 1.165) is 44.2 Å². The lowest BCUT2D eigenvalue weighted by atomic mass is 9.87. The normalized spacial score (nSPS) is 29.1. The van der Waals surface area contributed by atoms with Gasteiger partial charge in [0.2, 0.25) is 11.8 Å². The molecule has 0 radical (unpaired) electrons. The zero-order valence-corrected chi connectivity index (χ0v) is 14.0. The van der Waals surface area contributed by atoms with Crippen molar-refractivity contribution >= 4 is 17.5 Å². The van der Waals surface area contributed by atoms with Crippen molar-refractivity contribution in [1.82, 2.24) is 4.90 Å². The van der Waals surface area contributed by atoms with Crippen LogP contribution in [0.4, 0.5) is 5.69 Å². The summed E-state index contributed by atoms with van der Waals surface area (Å²) in [5, 5.41) is 0. The molecule has 24 heavy (non-hydrogen) atoms. The van der Waals surface area contributed by atoms with Crippen molar-refractivity contribution in [2.45, 2.75) is 25.7 Å². The first-order chi connectivity index (χ1) is 11.6. The molecule has 1 heterocycles. The highest BCUT2D eigenvalue weighted by atomic mass is 16.2. The van der Waals surface area contributed by atoms with Crippen molar-refractivity contribution < 1.29 is 9.59 Å². The highest BCUT2D eigenvalue weighted by Crippen LogP contribution is 2.48. The number of hydrogen-bond acceptors (Lipinski definition) is 3. The van der Waals surface area contributed by atoms with Crippen LogP contribution in [0.15, 0.2) is 24.3 Å². The molecule has 1 aliphatic heterocycles. The molecule has 5 nitrogen and oxygen atoms in total. The number of carbonyl (C=O) groups is 2. The fourth-order valence-electron chi connectivity index (χ4n) is 4.80. The summed E-state index contributed by atoms with van der Waals surface area (Å²) in [5.41, 5.74) is 6.90. The topological polar surface area (TPSA) is 66.6 Å². The summed E-state index contributed by atoms with van der Waals surface area (Å²) in [6.45, 7) is 3.29. The molecule has 2 N–H and O–H groups in total. The lowest BCUT2D eigenvalue weighted by molar-refractivity contribution is -0.137. The number of anilines is 1.